The SMILES string of the molecule is CCCCc1c(C)nc(-n2[nH]c(C)c(N=Nc3ccc(C)cc3)c2=O)nc1OC. The fraction of sp³-hybridized carbons (Fsp3) is 0.381. The van der Waals surface area contributed by atoms with E-state index < -0.39 is 0 Å². The third kappa shape index (κ3) is 4.42. The molecule has 0 saturated carbocycles. The molecule has 1 N–H and O–H groups in total. The maximum absolute atomic E-state index is 12.9. The highest BCUT2D eigenvalue weighted by Gasteiger charge is 2.18. The predicted octanol–water partition coefficient (Wildman–Crippen LogP) is 4.65. The molecule has 3 aromatic rings. The van der Waals surface area contributed by atoms with E-state index in [0.717, 1.165) is 36.1 Å². The van der Waals surface area contributed by atoms with E-state index in [1.54, 1.807) is 14.0 Å². The number of hydrogen-bond donors (Lipinski definition) is 1. The lowest BCUT2D eigenvalue weighted by Gasteiger charge is -2.11. The molecule has 8 nitrogen and oxygen atoms in total. The molecular weight excluding hydrogens is 368 g/mol. The van der Waals surface area contributed by atoms with E-state index in [1.165, 1.54) is 4.68 Å². The van der Waals surface area contributed by atoms with Crippen molar-refractivity contribution >= 4 is 11.4 Å². The van der Waals surface area contributed by atoms with Crippen LogP contribution in [0.25, 0.3) is 5.95 Å². The Kier molecular flexibility index (Phi) is 6.21. The Morgan fingerprint density at radius 2 is 1.83 bits per heavy atom. The van der Waals surface area contributed by atoms with Crippen molar-refractivity contribution < 1.29 is 4.74 Å². The van der Waals surface area contributed by atoms with Gasteiger partial charge in [-0.2, -0.15) is 14.8 Å². The molecule has 1 aromatic carbocycles. The summed E-state index contributed by atoms with van der Waals surface area (Å²) in [6.45, 7) is 7.79. The van der Waals surface area contributed by atoms with Gasteiger partial charge in [0.25, 0.3) is 5.95 Å². The van der Waals surface area contributed by atoms with Crippen LogP contribution in [0.4, 0.5) is 11.4 Å². The molecule has 0 bridgehead atoms. The first-order chi connectivity index (χ1) is 13.9. The maximum atomic E-state index is 12.9. The van der Waals surface area contributed by atoms with Gasteiger partial charge in [-0.1, -0.05) is 31.0 Å². The number of aromatic nitrogens is 4. The van der Waals surface area contributed by atoms with Crippen LogP contribution in [-0.2, 0) is 6.42 Å². The van der Waals surface area contributed by atoms with Gasteiger partial charge < -0.3 is 4.74 Å². The van der Waals surface area contributed by atoms with Crippen LogP contribution in [0.15, 0.2) is 39.3 Å². The van der Waals surface area contributed by atoms with Crippen molar-refractivity contribution in [2.75, 3.05) is 7.11 Å². The zero-order chi connectivity index (χ0) is 21.0. The van der Waals surface area contributed by atoms with Crippen LogP contribution in [0, 0.1) is 20.8 Å². The number of nitrogens with one attached hydrogen (secondary N) is 1. The first-order valence-electron chi connectivity index (χ1n) is 9.66. The number of ether oxygens (including phenoxy) is 1. The molecular formula is C21H26N6O2. The maximum Gasteiger partial charge on any atom is 0.301 e. The van der Waals surface area contributed by atoms with Crippen LogP contribution in [0.5, 0.6) is 5.88 Å². The summed E-state index contributed by atoms with van der Waals surface area (Å²) in [5, 5.41) is 11.3. The summed E-state index contributed by atoms with van der Waals surface area (Å²) >= 11 is 0. The largest absolute Gasteiger partial charge is 0.481 e. The fourth-order valence-electron chi connectivity index (χ4n) is 2.98. The molecule has 0 fully saturated rings. The molecule has 152 valence electrons. The van der Waals surface area contributed by atoms with Crippen molar-refractivity contribution in [3.63, 3.8) is 0 Å². The van der Waals surface area contributed by atoms with Crippen molar-refractivity contribution in [1.82, 2.24) is 19.7 Å². The topological polar surface area (TPSA) is 97.5 Å². The van der Waals surface area contributed by atoms with Gasteiger partial charge in [-0.15, -0.1) is 5.11 Å². The monoisotopic (exact) mass is 394 g/mol. The fourth-order valence-corrected chi connectivity index (χ4v) is 2.98. The average molecular weight is 394 g/mol. The molecule has 0 radical (unpaired) electrons. The minimum atomic E-state index is -0.360. The van der Waals surface area contributed by atoms with E-state index in [4.69, 9.17) is 4.74 Å². The quantitative estimate of drug-likeness (QED) is 0.590. The highest BCUT2D eigenvalue weighted by Crippen LogP contribution is 2.23. The van der Waals surface area contributed by atoms with Crippen LogP contribution in [-0.4, -0.2) is 26.9 Å². The van der Waals surface area contributed by atoms with E-state index in [-0.39, 0.29) is 17.2 Å². The number of methoxy groups -OCH3 is 1. The Morgan fingerprint density at radius 3 is 2.48 bits per heavy atom. The van der Waals surface area contributed by atoms with Gasteiger partial charge in [-0.25, -0.2) is 4.98 Å². The van der Waals surface area contributed by atoms with Gasteiger partial charge in [-0.05, 0) is 45.7 Å². The van der Waals surface area contributed by atoms with Gasteiger partial charge in [0.1, 0.15) is 0 Å². The molecule has 0 spiro atoms. The molecule has 0 unspecified atom stereocenters. The number of aryl methyl sites for hydroxylation is 3. The number of benzene rings is 1. The summed E-state index contributed by atoms with van der Waals surface area (Å²) in [7, 11) is 1.57. The van der Waals surface area contributed by atoms with Crippen LogP contribution >= 0.6 is 0 Å². The summed E-state index contributed by atoms with van der Waals surface area (Å²) in [6.07, 6.45) is 2.92. The van der Waals surface area contributed by atoms with Crippen LogP contribution in [0.3, 0.4) is 0 Å². The Hall–Kier alpha value is -3.29. The molecule has 0 amide bonds. The lowest BCUT2D eigenvalue weighted by molar-refractivity contribution is 0.388. The predicted molar refractivity (Wildman–Crippen MR) is 112 cm³/mol. The molecule has 29 heavy (non-hydrogen) atoms. The van der Waals surface area contributed by atoms with Gasteiger partial charge >= 0.3 is 5.56 Å². The third-order valence-corrected chi connectivity index (χ3v) is 4.68. The summed E-state index contributed by atoms with van der Waals surface area (Å²) in [6, 6.07) is 7.59. The highest BCUT2D eigenvalue weighted by molar-refractivity contribution is 5.44. The Morgan fingerprint density at radius 1 is 1.10 bits per heavy atom. The van der Waals surface area contributed by atoms with Crippen LogP contribution in [0.2, 0.25) is 0 Å². The molecule has 0 aliphatic heterocycles. The molecule has 8 heteroatoms. The lowest BCUT2D eigenvalue weighted by atomic mass is 10.1. The Bertz CT molecular complexity index is 1080. The Labute approximate surface area is 169 Å². The number of nitrogens with zero attached hydrogens (tertiary/aromatic N) is 5. The molecule has 0 aliphatic carbocycles. The number of H-pyrrole nitrogens is 1. The third-order valence-electron chi connectivity index (χ3n) is 4.68. The van der Waals surface area contributed by atoms with E-state index in [0.29, 0.717) is 17.3 Å². The summed E-state index contributed by atoms with van der Waals surface area (Å²) < 4.78 is 6.73. The van der Waals surface area contributed by atoms with Crippen molar-refractivity contribution in [3.8, 4) is 11.8 Å². The summed E-state index contributed by atoms with van der Waals surface area (Å²) in [5.41, 5.74) is 4.02. The smallest absolute Gasteiger partial charge is 0.301 e. The summed E-state index contributed by atoms with van der Waals surface area (Å²) in [5.74, 6) is 0.715. The number of unbranched alkanes of at least 4 members (excludes halogenated alkanes) is 1. The first-order valence-corrected chi connectivity index (χ1v) is 9.66. The first kappa shape index (κ1) is 20.4. The minimum absolute atomic E-state index is 0.223. The van der Waals surface area contributed by atoms with E-state index >= 15 is 0 Å². The molecule has 2 aromatic heterocycles. The van der Waals surface area contributed by atoms with Gasteiger partial charge in [0, 0.05) is 11.3 Å². The van der Waals surface area contributed by atoms with Crippen LogP contribution < -0.4 is 10.3 Å². The van der Waals surface area contributed by atoms with E-state index in [9.17, 15) is 4.79 Å². The van der Waals surface area contributed by atoms with Gasteiger partial charge in [-0.3, -0.25) is 9.89 Å². The molecule has 0 atom stereocenters. The standard InChI is InChI=1S/C21H26N6O2/c1-6-7-8-17-14(3)22-21(23-19(17)29-5)27-20(28)18(15(4)26-27)25-24-16-11-9-13(2)10-12-16/h9-12,26H,6-8H2,1-5H3. The average Bonchev–Trinajstić information content (AvgIpc) is 2.99. The van der Waals surface area contributed by atoms with E-state index in [2.05, 4.69) is 32.2 Å². The van der Waals surface area contributed by atoms with Gasteiger partial charge in [0.15, 0.2) is 5.69 Å². The molecule has 0 aliphatic rings. The number of aromatic amines is 1. The highest BCUT2D eigenvalue weighted by atomic mass is 16.5. The van der Waals surface area contributed by atoms with Crippen molar-refractivity contribution in [1.29, 1.82) is 0 Å². The molecule has 2 heterocycles. The van der Waals surface area contributed by atoms with Crippen LogP contribution in [0.1, 0.15) is 42.3 Å². The van der Waals surface area contributed by atoms with Crippen molar-refractivity contribution in [2.24, 2.45) is 10.2 Å². The zero-order valence-electron chi connectivity index (χ0n) is 17.5. The summed E-state index contributed by atoms with van der Waals surface area (Å²) in [4.78, 5) is 21.9. The molecule has 0 saturated heterocycles. The zero-order valence-corrected chi connectivity index (χ0v) is 17.5. The second-order valence-corrected chi connectivity index (χ2v) is 6.96. The van der Waals surface area contributed by atoms with Gasteiger partial charge in [0.2, 0.25) is 5.88 Å². The number of rotatable bonds is 7. The number of hydrogen-bond acceptors (Lipinski definition) is 6. The lowest BCUT2D eigenvalue weighted by Crippen LogP contribution is -2.18. The Balaban J connectivity index is 1.98. The van der Waals surface area contributed by atoms with Gasteiger partial charge in [0.05, 0.1) is 18.5 Å². The second-order valence-electron chi connectivity index (χ2n) is 6.96. The van der Waals surface area contributed by atoms with Crippen molar-refractivity contribution in [3.05, 3.63) is 57.1 Å². The second kappa shape index (κ2) is 8.81. The number of azo groups is 1. The molecule has 3 rings (SSSR count). The normalized spacial score (nSPS) is 11.3. The minimum Gasteiger partial charge on any atom is -0.481 e. The van der Waals surface area contributed by atoms with Crippen molar-refractivity contribution in [2.45, 2.75) is 47.0 Å². The van der Waals surface area contributed by atoms with E-state index in [1.807, 2.05) is 38.1 Å².